The summed E-state index contributed by atoms with van der Waals surface area (Å²) < 4.78 is 13.8. The van der Waals surface area contributed by atoms with Gasteiger partial charge in [0.2, 0.25) is 5.91 Å². The highest BCUT2D eigenvalue weighted by Crippen LogP contribution is 2.18. The van der Waals surface area contributed by atoms with Gasteiger partial charge in [-0.2, -0.15) is 0 Å². The molecular formula is C17H19FN2O. The monoisotopic (exact) mass is 286 g/mol. The molecule has 3 nitrogen and oxygen atoms in total. The number of rotatable bonds is 5. The van der Waals surface area contributed by atoms with Crippen molar-refractivity contribution in [2.75, 3.05) is 0 Å². The van der Waals surface area contributed by atoms with Crippen molar-refractivity contribution in [1.82, 2.24) is 5.32 Å². The highest BCUT2D eigenvalue weighted by molar-refractivity contribution is 5.92. The molecule has 0 spiro atoms. The van der Waals surface area contributed by atoms with Gasteiger partial charge >= 0.3 is 0 Å². The topological polar surface area (TPSA) is 55.1 Å². The first-order valence-electron chi connectivity index (χ1n) is 6.86. The van der Waals surface area contributed by atoms with E-state index in [1.54, 1.807) is 0 Å². The van der Waals surface area contributed by atoms with Gasteiger partial charge in [-0.05, 0) is 43.2 Å². The Labute approximate surface area is 124 Å². The lowest BCUT2D eigenvalue weighted by molar-refractivity contribution is 0.1000. The molecule has 2 aromatic carbocycles. The SMILES string of the molecule is Cc1ccccc1[C@@H](C)NCc1cc(C(N)=O)ccc1F. The van der Waals surface area contributed by atoms with Crippen LogP contribution in [0.1, 0.15) is 40.0 Å². The van der Waals surface area contributed by atoms with Crippen molar-refractivity contribution in [2.45, 2.75) is 26.4 Å². The molecule has 3 N–H and O–H groups in total. The number of nitrogens with one attached hydrogen (secondary N) is 1. The van der Waals surface area contributed by atoms with E-state index in [4.69, 9.17) is 5.73 Å². The van der Waals surface area contributed by atoms with Crippen molar-refractivity contribution >= 4 is 5.91 Å². The van der Waals surface area contributed by atoms with Crippen LogP contribution in [0.4, 0.5) is 4.39 Å². The standard InChI is InChI=1S/C17H19FN2O/c1-11-5-3-4-6-15(11)12(2)20-10-14-9-13(17(19)21)7-8-16(14)18/h3-9,12,20H,10H2,1-2H3,(H2,19,21)/t12-/m1/s1. The van der Waals surface area contributed by atoms with Crippen LogP contribution in [0.2, 0.25) is 0 Å². The lowest BCUT2D eigenvalue weighted by Crippen LogP contribution is -2.20. The molecule has 1 atom stereocenters. The zero-order valence-corrected chi connectivity index (χ0v) is 12.2. The molecule has 21 heavy (non-hydrogen) atoms. The van der Waals surface area contributed by atoms with Crippen LogP contribution in [0.5, 0.6) is 0 Å². The summed E-state index contributed by atoms with van der Waals surface area (Å²) in [6.07, 6.45) is 0. The minimum Gasteiger partial charge on any atom is -0.366 e. The van der Waals surface area contributed by atoms with Crippen LogP contribution >= 0.6 is 0 Å². The first kappa shape index (κ1) is 15.2. The quantitative estimate of drug-likeness (QED) is 0.887. The predicted octanol–water partition coefficient (Wildman–Crippen LogP) is 3.08. The van der Waals surface area contributed by atoms with Crippen LogP contribution in [-0.2, 0) is 6.54 Å². The molecule has 0 fully saturated rings. The fourth-order valence-electron chi connectivity index (χ4n) is 2.31. The third-order valence-electron chi connectivity index (χ3n) is 3.58. The largest absolute Gasteiger partial charge is 0.366 e. The van der Waals surface area contributed by atoms with Crippen LogP contribution < -0.4 is 11.1 Å². The molecule has 4 heteroatoms. The number of nitrogens with two attached hydrogens (primary N) is 1. The number of hydrogen-bond acceptors (Lipinski definition) is 2. The lowest BCUT2D eigenvalue weighted by atomic mass is 10.0. The summed E-state index contributed by atoms with van der Waals surface area (Å²) in [5, 5.41) is 3.27. The average Bonchev–Trinajstić information content (AvgIpc) is 2.46. The number of benzene rings is 2. The molecule has 2 aromatic rings. The second-order valence-corrected chi connectivity index (χ2v) is 5.13. The molecule has 0 aliphatic heterocycles. The van der Waals surface area contributed by atoms with Gasteiger partial charge in [0.05, 0.1) is 0 Å². The molecule has 0 saturated carbocycles. The van der Waals surface area contributed by atoms with Crippen molar-refractivity contribution in [1.29, 1.82) is 0 Å². The van der Waals surface area contributed by atoms with E-state index in [2.05, 4.69) is 5.32 Å². The zero-order valence-electron chi connectivity index (χ0n) is 12.2. The molecule has 0 unspecified atom stereocenters. The number of primary amides is 1. The Hall–Kier alpha value is -2.20. The fourth-order valence-corrected chi connectivity index (χ4v) is 2.31. The third-order valence-corrected chi connectivity index (χ3v) is 3.58. The van der Waals surface area contributed by atoms with Gasteiger partial charge in [0.1, 0.15) is 5.82 Å². The number of halogens is 1. The zero-order chi connectivity index (χ0) is 15.4. The second-order valence-electron chi connectivity index (χ2n) is 5.13. The van der Waals surface area contributed by atoms with E-state index < -0.39 is 5.91 Å². The summed E-state index contributed by atoms with van der Waals surface area (Å²) in [5.41, 5.74) is 8.33. The smallest absolute Gasteiger partial charge is 0.248 e. The van der Waals surface area contributed by atoms with E-state index in [0.29, 0.717) is 17.7 Å². The van der Waals surface area contributed by atoms with Crippen molar-refractivity contribution in [2.24, 2.45) is 5.73 Å². The number of hydrogen-bond donors (Lipinski definition) is 2. The Morgan fingerprint density at radius 1 is 1.29 bits per heavy atom. The summed E-state index contributed by atoms with van der Waals surface area (Å²) in [4.78, 5) is 11.1. The van der Waals surface area contributed by atoms with Gasteiger partial charge in [0.25, 0.3) is 0 Å². The van der Waals surface area contributed by atoms with E-state index >= 15 is 0 Å². The van der Waals surface area contributed by atoms with Gasteiger partial charge in [0, 0.05) is 23.7 Å². The lowest BCUT2D eigenvalue weighted by Gasteiger charge is -2.17. The molecular weight excluding hydrogens is 267 g/mol. The first-order chi connectivity index (χ1) is 9.99. The molecule has 0 saturated heterocycles. The predicted molar refractivity (Wildman–Crippen MR) is 81.4 cm³/mol. The molecule has 0 aromatic heterocycles. The summed E-state index contributed by atoms with van der Waals surface area (Å²) in [5.74, 6) is -0.896. The molecule has 0 bridgehead atoms. The highest BCUT2D eigenvalue weighted by atomic mass is 19.1. The van der Waals surface area contributed by atoms with E-state index in [9.17, 15) is 9.18 Å². The number of carbonyl (C=O) groups excluding carboxylic acids is 1. The molecule has 1 amide bonds. The number of amides is 1. The minimum atomic E-state index is -0.553. The summed E-state index contributed by atoms with van der Waals surface area (Å²) in [6.45, 7) is 4.41. The number of carbonyl (C=O) groups is 1. The van der Waals surface area contributed by atoms with Gasteiger partial charge in [-0.3, -0.25) is 4.79 Å². The maximum atomic E-state index is 13.8. The van der Waals surface area contributed by atoms with Crippen LogP contribution in [0.15, 0.2) is 42.5 Å². The summed E-state index contributed by atoms with van der Waals surface area (Å²) in [7, 11) is 0. The van der Waals surface area contributed by atoms with E-state index in [1.165, 1.54) is 29.3 Å². The van der Waals surface area contributed by atoms with Gasteiger partial charge < -0.3 is 11.1 Å². The maximum absolute atomic E-state index is 13.8. The molecule has 2 rings (SSSR count). The maximum Gasteiger partial charge on any atom is 0.248 e. The van der Waals surface area contributed by atoms with Crippen molar-refractivity contribution in [3.05, 3.63) is 70.5 Å². The van der Waals surface area contributed by atoms with Crippen molar-refractivity contribution in [3.8, 4) is 0 Å². The Bertz CT molecular complexity index is 655. The Kier molecular flexibility index (Phi) is 4.70. The number of aryl methyl sites for hydroxylation is 1. The van der Waals surface area contributed by atoms with Gasteiger partial charge in [-0.15, -0.1) is 0 Å². The third kappa shape index (κ3) is 3.67. The minimum absolute atomic E-state index is 0.0860. The highest BCUT2D eigenvalue weighted by Gasteiger charge is 2.10. The van der Waals surface area contributed by atoms with Gasteiger partial charge in [0.15, 0.2) is 0 Å². The van der Waals surface area contributed by atoms with Crippen LogP contribution in [0.3, 0.4) is 0 Å². The Morgan fingerprint density at radius 2 is 2.00 bits per heavy atom. The molecule has 0 aliphatic carbocycles. The van der Waals surface area contributed by atoms with E-state index in [-0.39, 0.29) is 11.9 Å². The van der Waals surface area contributed by atoms with Crippen molar-refractivity contribution < 1.29 is 9.18 Å². The Morgan fingerprint density at radius 3 is 2.67 bits per heavy atom. The Balaban J connectivity index is 2.11. The van der Waals surface area contributed by atoms with Crippen LogP contribution in [0, 0.1) is 12.7 Å². The first-order valence-corrected chi connectivity index (χ1v) is 6.86. The van der Waals surface area contributed by atoms with E-state index in [0.717, 1.165) is 0 Å². The van der Waals surface area contributed by atoms with Gasteiger partial charge in [-0.1, -0.05) is 24.3 Å². The molecule has 0 aliphatic rings. The summed E-state index contributed by atoms with van der Waals surface area (Å²) in [6, 6.07) is 12.3. The fraction of sp³-hybridized carbons (Fsp3) is 0.235. The second kappa shape index (κ2) is 6.50. The normalized spacial score (nSPS) is 12.1. The molecule has 110 valence electrons. The summed E-state index contributed by atoms with van der Waals surface area (Å²) >= 11 is 0. The van der Waals surface area contributed by atoms with E-state index in [1.807, 2.05) is 38.1 Å². The molecule has 0 heterocycles. The average molecular weight is 286 g/mol. The molecule has 0 radical (unpaired) electrons. The van der Waals surface area contributed by atoms with Crippen LogP contribution in [0.25, 0.3) is 0 Å². The van der Waals surface area contributed by atoms with Gasteiger partial charge in [-0.25, -0.2) is 4.39 Å². The van der Waals surface area contributed by atoms with Crippen molar-refractivity contribution in [3.63, 3.8) is 0 Å². The van der Waals surface area contributed by atoms with Crippen LogP contribution in [-0.4, -0.2) is 5.91 Å².